The summed E-state index contributed by atoms with van der Waals surface area (Å²) in [6.07, 6.45) is 8.03. The van der Waals surface area contributed by atoms with Crippen LogP contribution in [0, 0.1) is 19.3 Å². The number of rotatable bonds is 4. The van der Waals surface area contributed by atoms with E-state index in [9.17, 15) is 0 Å². The van der Waals surface area contributed by atoms with Crippen LogP contribution < -0.4 is 9.47 Å². The van der Waals surface area contributed by atoms with Gasteiger partial charge in [0.15, 0.2) is 5.75 Å². The summed E-state index contributed by atoms with van der Waals surface area (Å²) in [6.45, 7) is 1.96. The van der Waals surface area contributed by atoms with Gasteiger partial charge in [-0.1, -0.05) is 17.5 Å². The maximum absolute atomic E-state index is 5.85. The second-order valence-corrected chi connectivity index (χ2v) is 4.52. The highest BCUT2D eigenvalue weighted by molar-refractivity contribution is 6.30. The van der Waals surface area contributed by atoms with E-state index in [1.54, 1.807) is 12.3 Å². The van der Waals surface area contributed by atoms with E-state index >= 15 is 0 Å². The van der Waals surface area contributed by atoms with E-state index in [2.05, 4.69) is 15.9 Å². The predicted octanol–water partition coefficient (Wildman–Crippen LogP) is 3.20. The Labute approximate surface area is 122 Å². The molecule has 0 aliphatic rings. The second kappa shape index (κ2) is 6.27. The molecule has 4 nitrogen and oxygen atoms in total. The van der Waals surface area contributed by atoms with E-state index in [0.717, 1.165) is 5.56 Å². The van der Waals surface area contributed by atoms with Crippen LogP contribution in [-0.2, 0) is 0 Å². The Balaban J connectivity index is 2.30. The van der Waals surface area contributed by atoms with Crippen LogP contribution >= 0.6 is 11.6 Å². The van der Waals surface area contributed by atoms with Crippen molar-refractivity contribution >= 4 is 11.6 Å². The standard InChI is InChI=1S/C15H13ClN2O2/c1-4-13(12-7-10(2)5-6-17-12)20-15-14(19-3)8-11(16)9-18-15/h1,5-9,13H,2-3H3. The minimum absolute atomic E-state index is 0.281. The van der Waals surface area contributed by atoms with E-state index in [-0.39, 0.29) is 5.88 Å². The fraction of sp³-hybridized carbons (Fsp3) is 0.200. The van der Waals surface area contributed by atoms with Crippen molar-refractivity contribution in [2.24, 2.45) is 0 Å². The Morgan fingerprint density at radius 1 is 1.35 bits per heavy atom. The van der Waals surface area contributed by atoms with Crippen LogP contribution in [0.5, 0.6) is 11.6 Å². The van der Waals surface area contributed by atoms with E-state index < -0.39 is 6.10 Å². The minimum atomic E-state index is -0.641. The zero-order valence-corrected chi connectivity index (χ0v) is 11.9. The number of ether oxygens (including phenoxy) is 2. The molecule has 0 radical (unpaired) electrons. The number of methoxy groups -OCH3 is 1. The molecule has 0 spiro atoms. The molecule has 0 saturated carbocycles. The van der Waals surface area contributed by atoms with E-state index in [1.807, 2.05) is 19.1 Å². The molecule has 0 fully saturated rings. The van der Waals surface area contributed by atoms with Crippen LogP contribution in [0.1, 0.15) is 17.4 Å². The lowest BCUT2D eigenvalue weighted by atomic mass is 10.2. The lowest BCUT2D eigenvalue weighted by Crippen LogP contribution is -2.09. The number of hydrogen-bond acceptors (Lipinski definition) is 4. The summed E-state index contributed by atoms with van der Waals surface area (Å²) in [4.78, 5) is 8.30. The van der Waals surface area contributed by atoms with Crippen LogP contribution in [0.25, 0.3) is 0 Å². The number of terminal acetylenes is 1. The third kappa shape index (κ3) is 3.19. The summed E-state index contributed by atoms with van der Waals surface area (Å²) in [5.74, 6) is 3.25. The third-order valence-electron chi connectivity index (χ3n) is 2.59. The first kappa shape index (κ1) is 14.2. The van der Waals surface area contributed by atoms with E-state index in [4.69, 9.17) is 27.5 Å². The molecule has 0 aliphatic heterocycles. The summed E-state index contributed by atoms with van der Waals surface area (Å²) in [7, 11) is 1.51. The summed E-state index contributed by atoms with van der Waals surface area (Å²) in [5, 5.41) is 0.458. The van der Waals surface area contributed by atoms with Crippen molar-refractivity contribution in [1.82, 2.24) is 9.97 Å². The normalized spacial score (nSPS) is 11.5. The van der Waals surface area contributed by atoms with Gasteiger partial charge >= 0.3 is 0 Å². The first-order chi connectivity index (χ1) is 9.63. The van der Waals surface area contributed by atoms with Crippen molar-refractivity contribution in [2.45, 2.75) is 13.0 Å². The van der Waals surface area contributed by atoms with Crippen LogP contribution in [0.15, 0.2) is 30.6 Å². The highest BCUT2D eigenvalue weighted by Gasteiger charge is 2.16. The van der Waals surface area contributed by atoms with E-state index in [1.165, 1.54) is 13.3 Å². The molecule has 0 aliphatic carbocycles. The van der Waals surface area contributed by atoms with Gasteiger partial charge in [0.05, 0.1) is 17.8 Å². The first-order valence-corrected chi connectivity index (χ1v) is 6.26. The van der Waals surface area contributed by atoms with Gasteiger partial charge in [0.25, 0.3) is 5.88 Å². The number of hydrogen-bond donors (Lipinski definition) is 0. The number of halogens is 1. The van der Waals surface area contributed by atoms with Gasteiger partial charge in [0, 0.05) is 18.5 Å². The summed E-state index contributed by atoms with van der Waals surface area (Å²) in [5.41, 5.74) is 1.70. The minimum Gasteiger partial charge on any atom is -0.491 e. The van der Waals surface area contributed by atoms with Crippen molar-refractivity contribution in [1.29, 1.82) is 0 Å². The Bertz CT molecular complexity index is 653. The predicted molar refractivity (Wildman–Crippen MR) is 77.0 cm³/mol. The number of aryl methyl sites for hydroxylation is 1. The topological polar surface area (TPSA) is 44.2 Å². The van der Waals surface area contributed by atoms with Crippen molar-refractivity contribution in [3.63, 3.8) is 0 Å². The summed E-state index contributed by atoms with van der Waals surface area (Å²) in [6, 6.07) is 5.37. The molecule has 2 rings (SSSR count). The largest absolute Gasteiger partial charge is 0.491 e. The van der Waals surface area contributed by atoms with Gasteiger partial charge in [0.2, 0.25) is 6.10 Å². The highest BCUT2D eigenvalue weighted by atomic mass is 35.5. The van der Waals surface area contributed by atoms with Gasteiger partial charge in [-0.3, -0.25) is 4.98 Å². The average Bonchev–Trinajstić information content (AvgIpc) is 2.45. The first-order valence-electron chi connectivity index (χ1n) is 5.89. The zero-order valence-electron chi connectivity index (χ0n) is 11.1. The Morgan fingerprint density at radius 2 is 2.15 bits per heavy atom. The quantitative estimate of drug-likeness (QED) is 0.811. The third-order valence-corrected chi connectivity index (χ3v) is 2.80. The van der Waals surface area contributed by atoms with Crippen LogP contribution in [0.3, 0.4) is 0 Å². The van der Waals surface area contributed by atoms with Crippen LogP contribution in [0.4, 0.5) is 0 Å². The maximum atomic E-state index is 5.85. The number of nitrogens with zero attached hydrogens (tertiary/aromatic N) is 2. The van der Waals surface area contributed by atoms with Crippen molar-refractivity contribution in [3.05, 3.63) is 46.9 Å². The van der Waals surface area contributed by atoms with Gasteiger partial charge in [-0.25, -0.2) is 4.98 Å². The molecule has 0 saturated heterocycles. The molecule has 2 aromatic heterocycles. The molecule has 2 aromatic rings. The molecule has 0 aromatic carbocycles. The molecular weight excluding hydrogens is 276 g/mol. The van der Waals surface area contributed by atoms with Crippen LogP contribution in [0.2, 0.25) is 5.02 Å². The Kier molecular flexibility index (Phi) is 4.44. The van der Waals surface area contributed by atoms with Gasteiger partial charge in [-0.05, 0) is 24.6 Å². The monoisotopic (exact) mass is 288 g/mol. The number of aromatic nitrogens is 2. The molecular formula is C15H13ClN2O2. The summed E-state index contributed by atoms with van der Waals surface area (Å²) >= 11 is 5.85. The maximum Gasteiger partial charge on any atom is 0.258 e. The van der Waals surface area contributed by atoms with Gasteiger partial charge in [0.1, 0.15) is 0 Å². The molecule has 1 unspecified atom stereocenters. The van der Waals surface area contributed by atoms with Gasteiger partial charge in [-0.2, -0.15) is 0 Å². The fourth-order valence-electron chi connectivity index (χ4n) is 1.64. The fourth-order valence-corrected chi connectivity index (χ4v) is 1.79. The summed E-state index contributed by atoms with van der Waals surface area (Å²) < 4.78 is 10.9. The highest BCUT2D eigenvalue weighted by Crippen LogP contribution is 2.30. The average molecular weight is 289 g/mol. The Hall–Kier alpha value is -2.25. The molecule has 5 heteroatoms. The molecule has 0 amide bonds. The lowest BCUT2D eigenvalue weighted by molar-refractivity contribution is 0.235. The van der Waals surface area contributed by atoms with Crippen molar-refractivity contribution < 1.29 is 9.47 Å². The Morgan fingerprint density at radius 3 is 2.80 bits per heavy atom. The molecule has 0 N–H and O–H groups in total. The van der Waals surface area contributed by atoms with Gasteiger partial charge in [-0.15, -0.1) is 6.42 Å². The van der Waals surface area contributed by atoms with Gasteiger partial charge < -0.3 is 9.47 Å². The van der Waals surface area contributed by atoms with Crippen LogP contribution in [-0.4, -0.2) is 17.1 Å². The SMILES string of the molecule is C#CC(Oc1ncc(Cl)cc1OC)c1cc(C)ccn1. The van der Waals surface area contributed by atoms with Crippen molar-refractivity contribution in [3.8, 4) is 24.0 Å². The molecule has 1 atom stereocenters. The zero-order chi connectivity index (χ0) is 14.5. The smallest absolute Gasteiger partial charge is 0.258 e. The second-order valence-electron chi connectivity index (χ2n) is 4.08. The molecule has 102 valence electrons. The number of pyridine rings is 2. The molecule has 0 bridgehead atoms. The molecule has 20 heavy (non-hydrogen) atoms. The lowest BCUT2D eigenvalue weighted by Gasteiger charge is -2.15. The van der Waals surface area contributed by atoms with Crippen molar-refractivity contribution in [2.75, 3.05) is 7.11 Å². The molecule has 2 heterocycles. The van der Waals surface area contributed by atoms with E-state index in [0.29, 0.717) is 16.5 Å².